The second-order valence-corrected chi connectivity index (χ2v) is 30.4. The summed E-state index contributed by atoms with van der Waals surface area (Å²) in [5.74, 6) is 3.34. The second kappa shape index (κ2) is 23.8. The molecule has 3 spiro atoms. The van der Waals surface area contributed by atoms with Crippen LogP contribution in [0.15, 0.2) is 31.8 Å². The molecule has 0 radical (unpaired) electrons. The molecule has 8 amide bonds. The minimum absolute atomic E-state index is 0. The molecule has 90 heavy (non-hydrogen) atoms. The zero-order valence-electron chi connectivity index (χ0n) is 50.7. The van der Waals surface area contributed by atoms with E-state index >= 15 is 0 Å². The van der Waals surface area contributed by atoms with Crippen LogP contribution in [0.4, 0.5) is 24.0 Å². The maximum absolute atomic E-state index is 12.8. The van der Waals surface area contributed by atoms with Gasteiger partial charge in [-0.05, 0) is 135 Å². The molecule has 9 saturated heterocycles. The molecule has 12 fully saturated rings. The topological polar surface area (TPSA) is 367 Å². The van der Waals surface area contributed by atoms with Crippen molar-refractivity contribution in [3.8, 4) is 0 Å². The van der Waals surface area contributed by atoms with E-state index in [1.165, 1.54) is 4.90 Å². The zero-order valence-corrected chi connectivity index (χ0v) is 58.2. The van der Waals surface area contributed by atoms with E-state index in [2.05, 4.69) is 29.4 Å². The number of fused-ring (bicyclic) bond motifs is 9. The maximum atomic E-state index is 12.8. The Kier molecular flexibility index (Phi) is 17.6. The summed E-state index contributed by atoms with van der Waals surface area (Å²) in [5, 5.41) is 28.6. The van der Waals surface area contributed by atoms with Gasteiger partial charge in [0, 0.05) is 137 Å². The van der Waals surface area contributed by atoms with Crippen LogP contribution in [-0.4, -0.2) is 205 Å². The van der Waals surface area contributed by atoms with Crippen molar-refractivity contribution in [2.45, 2.75) is 166 Å². The average Bonchev–Trinajstić information content (AvgIpc) is 1.57. The van der Waals surface area contributed by atoms with Gasteiger partial charge in [0.05, 0.1) is 36.3 Å². The molecule has 35 heteroatoms. The number of carbonyl (C=O) groups is 5. The Labute approximate surface area is 548 Å². The van der Waals surface area contributed by atoms with Gasteiger partial charge in [-0.15, -0.1) is 8.57 Å². The van der Waals surface area contributed by atoms with Gasteiger partial charge in [0.1, 0.15) is 45.6 Å². The number of likely N-dealkylation sites (tertiary alicyclic amines) is 2. The van der Waals surface area contributed by atoms with Crippen molar-refractivity contribution in [2.75, 3.05) is 58.9 Å². The van der Waals surface area contributed by atoms with E-state index in [0.717, 1.165) is 96.9 Å². The molecule has 12 heterocycles. The number of amides is 8. The molecule has 9 aliphatic heterocycles. The van der Waals surface area contributed by atoms with Crippen LogP contribution < -0.4 is 5.32 Å². The summed E-state index contributed by atoms with van der Waals surface area (Å²) in [5.41, 5.74) is 0.638. The van der Waals surface area contributed by atoms with Crippen LogP contribution in [0.25, 0.3) is 0 Å². The molecule has 4 N–H and O–H groups in total. The fourth-order valence-electron chi connectivity index (χ4n) is 14.5. The van der Waals surface area contributed by atoms with Crippen LogP contribution in [0.5, 0.6) is 0 Å². The van der Waals surface area contributed by atoms with Gasteiger partial charge in [0.15, 0.2) is 0 Å². The van der Waals surface area contributed by atoms with Crippen LogP contribution in [-0.2, 0) is 100 Å². The first kappa shape index (κ1) is 66.5. The van der Waals surface area contributed by atoms with Crippen molar-refractivity contribution in [1.82, 2.24) is 60.5 Å². The van der Waals surface area contributed by atoms with Crippen LogP contribution in [0.1, 0.15) is 152 Å². The number of hydrogen-bond donors (Lipinski definition) is 4. The summed E-state index contributed by atoms with van der Waals surface area (Å²) in [6, 6.07) is 2.50. The fraction of sp³-hybridized carbons (Fsp3) is 0.745. The molecule has 3 aromatic heterocycles. The summed E-state index contributed by atoms with van der Waals surface area (Å²) in [4.78, 5) is 70.2. The smallest absolute Gasteiger partial charge is 0.418 e. The molecule has 31 nitrogen and oxygen atoms in total. The number of rotatable bonds is 13. The third-order valence-corrected chi connectivity index (χ3v) is 20.4. The van der Waals surface area contributed by atoms with Crippen LogP contribution in [0.3, 0.4) is 0 Å². The Morgan fingerprint density at radius 2 is 0.867 bits per heavy atom. The van der Waals surface area contributed by atoms with Crippen LogP contribution >= 0.6 is 0 Å². The van der Waals surface area contributed by atoms with E-state index in [1.54, 1.807) is 19.6 Å². The largest absolute Gasteiger partial charge is 0.444 e. The molecular weight excluding hydrogens is 1560 g/mol. The summed E-state index contributed by atoms with van der Waals surface area (Å²) >= 11 is 0. The fourth-order valence-corrected chi connectivity index (χ4v) is 15.3. The first-order valence-corrected chi connectivity index (χ1v) is 32.9. The third kappa shape index (κ3) is 13.4. The Hall–Kier alpha value is -4.98. The van der Waals surface area contributed by atoms with Crippen molar-refractivity contribution in [3.05, 3.63) is 52.6 Å². The number of piperidine rings is 3. The van der Waals surface area contributed by atoms with Gasteiger partial charge in [0.2, 0.25) is 0 Å². The van der Waals surface area contributed by atoms with Gasteiger partial charge in [-0.2, -0.15) is 27.0 Å². The maximum Gasteiger partial charge on any atom is 0.418 e. The van der Waals surface area contributed by atoms with Gasteiger partial charge >= 0.3 is 51.1 Å². The number of hydroxylamine groups is 6. The number of aromatic nitrogens is 3. The molecule has 494 valence electrons. The van der Waals surface area contributed by atoms with Crippen molar-refractivity contribution in [3.63, 3.8) is 0 Å². The van der Waals surface area contributed by atoms with Gasteiger partial charge in [0.25, 0.3) is 0 Å². The normalized spacial score (nSPS) is 27.5. The number of nitrogens with zero attached hydrogens (tertiary/aromatic N) is 11. The van der Waals surface area contributed by atoms with E-state index < -0.39 is 50.1 Å². The number of carbonyl (C=O) groups excluding carboxylic acids is 5. The average molecular weight is 1640 g/mol. The molecule has 6 atom stereocenters. The minimum Gasteiger partial charge on any atom is -0.444 e. The van der Waals surface area contributed by atoms with E-state index in [1.807, 2.05) is 59.7 Å². The van der Waals surface area contributed by atoms with Crippen LogP contribution in [0, 0.1) is 34.0 Å². The quantitative estimate of drug-likeness (QED) is 0.122. The summed E-state index contributed by atoms with van der Waals surface area (Å²) in [6.45, 7) is 16.6. The van der Waals surface area contributed by atoms with Gasteiger partial charge in [-0.25, -0.2) is 29.0 Å². The molecular formula is C55H76N12O19S2W2. The number of urea groups is 3. The molecule has 3 aliphatic carbocycles. The van der Waals surface area contributed by atoms with Crippen LogP contribution in [0.2, 0.25) is 0 Å². The number of nitrogens with one attached hydrogen (secondary N) is 1. The third-order valence-electron chi connectivity index (χ3n) is 19.7. The Morgan fingerprint density at radius 3 is 1.18 bits per heavy atom. The molecule has 6 bridgehead atoms. The first-order chi connectivity index (χ1) is 41.3. The van der Waals surface area contributed by atoms with Gasteiger partial charge in [-0.3, -0.25) is 14.3 Å². The van der Waals surface area contributed by atoms with Gasteiger partial charge < -0.3 is 52.9 Å². The predicted octanol–water partition coefficient (Wildman–Crippen LogP) is 5.45. The van der Waals surface area contributed by atoms with E-state index in [-0.39, 0.29) is 113 Å². The molecule has 0 aromatic carbocycles. The molecule has 3 aromatic rings. The summed E-state index contributed by atoms with van der Waals surface area (Å²) in [7, 11) is -9.55. The monoisotopic (exact) mass is 1640 g/mol. The SMILES string of the molecule is CC(C)(C)OC(=O)N1CC(Cc2cc([C@@H]3CC4(CC4)[C@@H]4CN3C(=O)N4O)no2)C1.CC(C)(C)OC(=O)N1CC(Cc2cc([C@@H]3CC4(CC4)[C@@H]4CN3C(=O)N4OS(=O)(=O)O)no2)C1.O=C1N2C[C@H](N1OS(=O)(=O)O)C1(CC1)C[C@H]2c1cc(CC2CNC2)on1.[W].[W]. The number of ether oxygens (including phenoxy) is 2. The second-order valence-electron chi connectivity index (χ2n) is 28.4. The van der Waals surface area contributed by atoms with Crippen molar-refractivity contribution in [1.29, 1.82) is 0 Å². The Morgan fingerprint density at radius 1 is 0.544 bits per heavy atom. The first-order valence-electron chi connectivity index (χ1n) is 30.2. The molecule has 0 unspecified atom stereocenters. The summed E-state index contributed by atoms with van der Waals surface area (Å²) in [6.07, 6.45) is 9.19. The standard InChI is InChI=1S/C20H28N4O8S.C20H28N4O5.C15H20N4O6S.2W/c1-19(2,3)30-18(26)22-9-12(10-22)6-13-7-14(21-31-13)15-8-20(4-5-20)16-11-23(15)17(25)24(16)32-33(27,28)29;1-19(2,3)28-18(26)22-9-12(10-22)6-13-7-14(21-29-13)15-8-20(4-5-20)16-11-23(15)17(25)24(16)27;20-14-18-8-13(19(14)25-26(21,22)23)15(1-2-15)5-12(18)11-4-10(24-17-11)3-9-6-16-7-9;;/h7,12,15-16H,4-6,8-11H2,1-3H3,(H,27,28,29);7,12,15-16,27H,4-6,8-11H2,1-3H3;4,9,12-13,16H,1-3,5-8H2,(H,21,22,23);;/t2*15-,16-;12-,13-;;/m000../s1. The molecule has 15 rings (SSSR count). The van der Waals surface area contributed by atoms with Crippen molar-refractivity contribution in [2.24, 2.45) is 34.0 Å². The molecule has 12 aliphatic rings. The van der Waals surface area contributed by atoms with Gasteiger partial charge in [-0.1, -0.05) is 15.5 Å². The number of hydrogen-bond acceptors (Lipinski definition) is 21. The van der Waals surface area contributed by atoms with E-state index in [0.29, 0.717) is 100 Å². The molecule has 3 saturated carbocycles. The van der Waals surface area contributed by atoms with Crippen molar-refractivity contribution < 1.29 is 129 Å². The Balaban J connectivity index is 0.000000138. The zero-order chi connectivity index (χ0) is 62.4. The van der Waals surface area contributed by atoms with Crippen molar-refractivity contribution >= 4 is 51.1 Å². The summed E-state index contributed by atoms with van der Waals surface area (Å²) < 4.78 is 99.4. The van der Waals surface area contributed by atoms with E-state index in [9.17, 15) is 46.0 Å². The van der Waals surface area contributed by atoms with E-state index in [4.69, 9.17) is 32.1 Å². The predicted molar refractivity (Wildman–Crippen MR) is 297 cm³/mol. The Bertz CT molecular complexity index is 3480. The minimum atomic E-state index is -4.80.